The average Bonchev–Trinajstić information content (AvgIpc) is 2.51. The van der Waals surface area contributed by atoms with Gasteiger partial charge < -0.3 is 20.3 Å². The van der Waals surface area contributed by atoms with Crippen LogP contribution in [-0.4, -0.2) is 32.3 Å². The molecule has 0 aliphatic carbocycles. The fourth-order valence-corrected chi connectivity index (χ4v) is 2.33. The number of anilines is 1. The Morgan fingerprint density at radius 3 is 2.17 bits per heavy atom. The van der Waals surface area contributed by atoms with Crippen LogP contribution in [0.3, 0.4) is 0 Å². The molecule has 2 aromatic carbocycles. The molecule has 6 heteroatoms. The van der Waals surface area contributed by atoms with E-state index in [9.17, 15) is 0 Å². The number of thiocarbonyl (C=S) groups is 1. The van der Waals surface area contributed by atoms with Gasteiger partial charge in [0.15, 0.2) is 5.11 Å². The summed E-state index contributed by atoms with van der Waals surface area (Å²) >= 11 is 8.68. The number of likely N-dealkylation sites (N-methyl/N-ethyl adjacent to an activating group) is 1. The van der Waals surface area contributed by atoms with Crippen LogP contribution in [0, 0.1) is 0 Å². The molecule has 122 valence electrons. The molecule has 0 bridgehead atoms. The van der Waals surface area contributed by atoms with Crippen molar-refractivity contribution in [2.24, 2.45) is 0 Å². The van der Waals surface area contributed by atoms with Crippen molar-refractivity contribution in [3.05, 3.63) is 53.0 Å². The lowest BCUT2D eigenvalue weighted by molar-refractivity contribution is -0.856. The van der Waals surface area contributed by atoms with Gasteiger partial charge in [0.05, 0.1) is 27.2 Å². The van der Waals surface area contributed by atoms with Crippen LogP contribution in [0.4, 0.5) is 5.69 Å². The maximum atomic E-state index is 5.78. The number of ether oxygens (including phenoxy) is 1. The fourth-order valence-electron chi connectivity index (χ4n) is 1.85. The number of quaternary nitrogens is 1. The van der Waals surface area contributed by atoms with E-state index in [1.54, 1.807) is 0 Å². The van der Waals surface area contributed by atoms with Crippen molar-refractivity contribution in [1.82, 2.24) is 5.32 Å². The zero-order valence-electron chi connectivity index (χ0n) is 13.2. The van der Waals surface area contributed by atoms with E-state index < -0.39 is 0 Å². The first-order valence-electron chi connectivity index (χ1n) is 7.40. The summed E-state index contributed by atoms with van der Waals surface area (Å²) in [6.07, 6.45) is 0. The Kier molecular flexibility index (Phi) is 6.83. The molecule has 0 fully saturated rings. The second kappa shape index (κ2) is 8.86. The summed E-state index contributed by atoms with van der Waals surface area (Å²) in [7, 11) is 4.23. The molecule has 0 aliphatic heterocycles. The lowest BCUT2D eigenvalue weighted by Crippen LogP contribution is -3.06. The molecule has 0 heterocycles. The summed E-state index contributed by atoms with van der Waals surface area (Å²) in [5, 5.41) is 6.98. The zero-order valence-corrected chi connectivity index (χ0v) is 15.6. The highest BCUT2D eigenvalue weighted by molar-refractivity contribution is 9.10. The smallest absolute Gasteiger partial charge is 0.170 e. The van der Waals surface area contributed by atoms with Crippen LogP contribution in [0.15, 0.2) is 53.0 Å². The molecular formula is C17H21BrN3OS+. The quantitative estimate of drug-likeness (QED) is 0.658. The molecule has 0 unspecified atom stereocenters. The monoisotopic (exact) mass is 394 g/mol. The van der Waals surface area contributed by atoms with Crippen LogP contribution in [-0.2, 0) is 0 Å². The molecule has 3 N–H and O–H groups in total. The number of halogens is 1. The van der Waals surface area contributed by atoms with Gasteiger partial charge >= 0.3 is 0 Å². The van der Waals surface area contributed by atoms with E-state index in [1.165, 1.54) is 4.90 Å². The molecule has 0 aromatic heterocycles. The van der Waals surface area contributed by atoms with Gasteiger partial charge in [-0.05, 0) is 60.7 Å². The third-order valence-corrected chi connectivity index (χ3v) is 3.85. The van der Waals surface area contributed by atoms with Crippen molar-refractivity contribution in [3.8, 4) is 11.5 Å². The molecule has 0 radical (unpaired) electrons. The van der Waals surface area contributed by atoms with Gasteiger partial charge in [0, 0.05) is 10.2 Å². The molecule has 0 saturated carbocycles. The molecule has 0 saturated heterocycles. The summed E-state index contributed by atoms with van der Waals surface area (Å²) in [6, 6.07) is 15.5. The van der Waals surface area contributed by atoms with Gasteiger partial charge in [-0.1, -0.05) is 15.9 Å². The summed E-state index contributed by atoms with van der Waals surface area (Å²) in [5.41, 5.74) is 0.933. The maximum Gasteiger partial charge on any atom is 0.170 e. The van der Waals surface area contributed by atoms with Crippen molar-refractivity contribution < 1.29 is 9.64 Å². The summed E-state index contributed by atoms with van der Waals surface area (Å²) < 4.78 is 6.81. The highest BCUT2D eigenvalue weighted by Gasteiger charge is 2.01. The molecule has 23 heavy (non-hydrogen) atoms. The largest absolute Gasteiger partial charge is 0.457 e. The van der Waals surface area contributed by atoms with Gasteiger partial charge in [0.25, 0.3) is 0 Å². The van der Waals surface area contributed by atoms with E-state index in [2.05, 4.69) is 40.7 Å². The molecular weight excluding hydrogens is 374 g/mol. The van der Waals surface area contributed by atoms with Gasteiger partial charge in [0.1, 0.15) is 11.5 Å². The first-order chi connectivity index (χ1) is 11.0. The molecule has 2 rings (SSSR count). The fraction of sp³-hybridized carbons (Fsp3) is 0.235. The Morgan fingerprint density at radius 2 is 1.61 bits per heavy atom. The minimum absolute atomic E-state index is 0.632. The van der Waals surface area contributed by atoms with Gasteiger partial charge in [-0.15, -0.1) is 0 Å². The molecule has 0 aliphatic rings. The van der Waals surface area contributed by atoms with Crippen molar-refractivity contribution in [2.45, 2.75) is 0 Å². The van der Waals surface area contributed by atoms with Gasteiger partial charge in [-0.2, -0.15) is 0 Å². The lowest BCUT2D eigenvalue weighted by Gasteiger charge is -2.12. The van der Waals surface area contributed by atoms with Crippen LogP contribution in [0.1, 0.15) is 0 Å². The number of hydrogen-bond acceptors (Lipinski definition) is 2. The summed E-state index contributed by atoms with van der Waals surface area (Å²) in [5.74, 6) is 1.59. The lowest BCUT2D eigenvalue weighted by atomic mass is 10.3. The number of nitrogens with one attached hydrogen (secondary N) is 3. The first-order valence-corrected chi connectivity index (χ1v) is 8.60. The van der Waals surface area contributed by atoms with Gasteiger partial charge in [0.2, 0.25) is 0 Å². The first kappa shape index (κ1) is 17.7. The standard InChI is InChI=1S/C17H20BrN3OS/c1-21(2)12-11-19-17(23)20-14-5-9-16(10-6-14)22-15-7-3-13(18)4-8-15/h3-10H,11-12H2,1-2H3,(H2,19,20,23)/p+1. The van der Waals surface area contributed by atoms with Crippen LogP contribution in [0.25, 0.3) is 0 Å². The van der Waals surface area contributed by atoms with Crippen molar-refractivity contribution in [2.75, 3.05) is 32.5 Å². The number of hydrogen-bond donors (Lipinski definition) is 3. The zero-order chi connectivity index (χ0) is 16.7. The predicted octanol–water partition coefficient (Wildman–Crippen LogP) is 2.67. The van der Waals surface area contributed by atoms with E-state index in [0.29, 0.717) is 5.11 Å². The van der Waals surface area contributed by atoms with E-state index in [1.807, 2.05) is 48.5 Å². The molecule has 0 amide bonds. The summed E-state index contributed by atoms with van der Waals surface area (Å²) in [6.45, 7) is 1.86. The second-order valence-corrected chi connectivity index (χ2v) is 6.74. The SMILES string of the molecule is C[NH+](C)CCNC(=S)Nc1ccc(Oc2ccc(Br)cc2)cc1. The Labute approximate surface area is 151 Å². The molecule has 0 spiro atoms. The topological polar surface area (TPSA) is 37.7 Å². The maximum absolute atomic E-state index is 5.78. The van der Waals surface area contributed by atoms with Crippen molar-refractivity contribution >= 4 is 38.9 Å². The van der Waals surface area contributed by atoms with Crippen LogP contribution >= 0.6 is 28.1 Å². The normalized spacial score (nSPS) is 10.4. The van der Waals surface area contributed by atoms with Gasteiger partial charge in [-0.3, -0.25) is 0 Å². The van der Waals surface area contributed by atoms with Crippen LogP contribution in [0.5, 0.6) is 11.5 Å². The summed E-state index contributed by atoms with van der Waals surface area (Å²) in [4.78, 5) is 1.38. The molecule has 4 nitrogen and oxygen atoms in total. The van der Waals surface area contributed by atoms with E-state index in [4.69, 9.17) is 17.0 Å². The third kappa shape index (κ3) is 6.56. The Hall–Kier alpha value is -1.63. The third-order valence-electron chi connectivity index (χ3n) is 3.07. The molecule has 0 atom stereocenters. The van der Waals surface area contributed by atoms with Gasteiger partial charge in [-0.25, -0.2) is 0 Å². The number of benzene rings is 2. The van der Waals surface area contributed by atoms with E-state index >= 15 is 0 Å². The van der Waals surface area contributed by atoms with Crippen molar-refractivity contribution in [1.29, 1.82) is 0 Å². The highest BCUT2D eigenvalue weighted by Crippen LogP contribution is 2.24. The number of rotatable bonds is 6. The Balaban J connectivity index is 1.84. The molecule has 2 aromatic rings. The highest BCUT2D eigenvalue weighted by atomic mass is 79.9. The minimum Gasteiger partial charge on any atom is -0.457 e. The Morgan fingerprint density at radius 1 is 1.04 bits per heavy atom. The van der Waals surface area contributed by atoms with Crippen LogP contribution in [0.2, 0.25) is 0 Å². The minimum atomic E-state index is 0.632. The van der Waals surface area contributed by atoms with E-state index in [0.717, 1.165) is 34.7 Å². The average molecular weight is 395 g/mol. The van der Waals surface area contributed by atoms with Crippen LogP contribution < -0.4 is 20.3 Å². The van der Waals surface area contributed by atoms with Crippen molar-refractivity contribution in [3.63, 3.8) is 0 Å². The second-order valence-electron chi connectivity index (χ2n) is 5.42. The van der Waals surface area contributed by atoms with E-state index in [-0.39, 0.29) is 0 Å². The predicted molar refractivity (Wildman–Crippen MR) is 103 cm³/mol. The Bertz CT molecular complexity index is 629.